The number of fused-ring (bicyclic) bond motifs is 1. The molecule has 4 rings (SSSR count). The molecule has 0 atom stereocenters. The first-order valence-corrected chi connectivity index (χ1v) is 11.2. The van der Waals surface area contributed by atoms with Crippen LogP contribution in [0.15, 0.2) is 40.7 Å². The SMILES string of the molecule is Cc1cc(N=CN(C)C)c(C)cc1Cc1nc(-c2ccc3c(c2)CCCC3)cs1.Cl. The van der Waals surface area contributed by atoms with Gasteiger partial charge in [-0.05, 0) is 79.5 Å². The van der Waals surface area contributed by atoms with Crippen molar-refractivity contribution in [2.24, 2.45) is 4.99 Å². The number of rotatable bonds is 5. The first kappa shape index (κ1) is 22.5. The molecule has 1 heterocycles. The van der Waals surface area contributed by atoms with E-state index in [4.69, 9.17) is 4.98 Å². The molecule has 0 bridgehead atoms. The zero-order chi connectivity index (χ0) is 20.4. The zero-order valence-corrected chi connectivity index (χ0v) is 19.9. The van der Waals surface area contributed by atoms with Crippen molar-refractivity contribution in [1.29, 1.82) is 0 Å². The van der Waals surface area contributed by atoms with E-state index in [2.05, 4.69) is 54.6 Å². The Kier molecular flexibility index (Phi) is 7.32. The number of aryl methyl sites for hydroxylation is 4. The molecule has 0 aliphatic heterocycles. The van der Waals surface area contributed by atoms with Crippen LogP contribution in [0.25, 0.3) is 11.3 Å². The highest BCUT2D eigenvalue weighted by molar-refractivity contribution is 7.10. The van der Waals surface area contributed by atoms with Crippen molar-refractivity contribution < 1.29 is 0 Å². The molecule has 0 spiro atoms. The smallest absolute Gasteiger partial charge is 0.0976 e. The third kappa shape index (κ3) is 5.11. The normalized spacial score (nSPS) is 13.2. The number of aromatic nitrogens is 1. The van der Waals surface area contributed by atoms with E-state index in [0.717, 1.165) is 17.8 Å². The molecule has 0 saturated heterocycles. The summed E-state index contributed by atoms with van der Waals surface area (Å²) in [7, 11) is 3.98. The molecule has 0 unspecified atom stereocenters. The van der Waals surface area contributed by atoms with Crippen LogP contribution in [0.5, 0.6) is 0 Å². The maximum absolute atomic E-state index is 4.96. The summed E-state index contributed by atoms with van der Waals surface area (Å²) in [6.07, 6.45) is 7.80. The maximum Gasteiger partial charge on any atom is 0.0976 e. The third-order valence-corrected chi connectivity index (χ3v) is 6.47. The number of halogens is 1. The van der Waals surface area contributed by atoms with E-state index in [9.17, 15) is 0 Å². The van der Waals surface area contributed by atoms with Crippen molar-refractivity contribution in [3.63, 3.8) is 0 Å². The lowest BCUT2D eigenvalue weighted by atomic mass is 9.90. The molecule has 0 amide bonds. The summed E-state index contributed by atoms with van der Waals surface area (Å²) in [5.41, 5.74) is 10.3. The minimum absolute atomic E-state index is 0. The van der Waals surface area contributed by atoms with Gasteiger partial charge in [-0.25, -0.2) is 9.98 Å². The molecule has 5 heteroatoms. The molecular formula is C25H30ClN3S. The van der Waals surface area contributed by atoms with Crippen molar-refractivity contribution in [2.45, 2.75) is 46.0 Å². The first-order valence-electron chi connectivity index (χ1n) is 10.4. The molecule has 3 nitrogen and oxygen atoms in total. The Hall–Kier alpha value is -2.17. The van der Waals surface area contributed by atoms with E-state index in [1.807, 2.05) is 25.3 Å². The van der Waals surface area contributed by atoms with Gasteiger partial charge >= 0.3 is 0 Å². The Morgan fingerprint density at radius 1 is 1.03 bits per heavy atom. The Bertz CT molecular complexity index is 1050. The number of thiazole rings is 1. The van der Waals surface area contributed by atoms with E-state index in [0.29, 0.717) is 0 Å². The van der Waals surface area contributed by atoms with Gasteiger partial charge in [0.1, 0.15) is 0 Å². The van der Waals surface area contributed by atoms with Crippen LogP contribution in [0.1, 0.15) is 45.7 Å². The van der Waals surface area contributed by atoms with Crippen molar-refractivity contribution in [1.82, 2.24) is 9.88 Å². The summed E-state index contributed by atoms with van der Waals surface area (Å²) in [5.74, 6) is 0. The van der Waals surface area contributed by atoms with Gasteiger partial charge in [-0.3, -0.25) is 0 Å². The van der Waals surface area contributed by atoms with Gasteiger partial charge in [0.15, 0.2) is 0 Å². The second-order valence-corrected chi connectivity index (χ2v) is 9.21. The molecule has 158 valence electrons. The predicted octanol–water partition coefficient (Wildman–Crippen LogP) is 6.54. The monoisotopic (exact) mass is 439 g/mol. The van der Waals surface area contributed by atoms with E-state index in [-0.39, 0.29) is 12.4 Å². The minimum Gasteiger partial charge on any atom is -0.369 e. The highest BCUT2D eigenvalue weighted by Crippen LogP contribution is 2.30. The van der Waals surface area contributed by atoms with Crippen LogP contribution in [0, 0.1) is 13.8 Å². The summed E-state index contributed by atoms with van der Waals surface area (Å²) < 4.78 is 0. The highest BCUT2D eigenvalue weighted by atomic mass is 35.5. The largest absolute Gasteiger partial charge is 0.369 e. The van der Waals surface area contributed by atoms with Gasteiger partial charge in [0.05, 0.1) is 22.7 Å². The summed E-state index contributed by atoms with van der Waals surface area (Å²) >= 11 is 1.76. The van der Waals surface area contributed by atoms with Crippen LogP contribution >= 0.6 is 23.7 Å². The van der Waals surface area contributed by atoms with Gasteiger partial charge in [0.25, 0.3) is 0 Å². The van der Waals surface area contributed by atoms with E-state index in [1.165, 1.54) is 64.1 Å². The number of aliphatic imine (C=N–C) groups is 1. The summed E-state index contributed by atoms with van der Waals surface area (Å²) in [5, 5.41) is 3.38. The van der Waals surface area contributed by atoms with Gasteiger partial charge in [0.2, 0.25) is 0 Å². The fourth-order valence-corrected chi connectivity index (χ4v) is 4.77. The molecule has 0 radical (unpaired) electrons. The average molecular weight is 440 g/mol. The number of benzene rings is 2. The molecule has 0 fully saturated rings. The Balaban J connectivity index is 0.00000256. The summed E-state index contributed by atoms with van der Waals surface area (Å²) in [6, 6.07) is 11.4. The van der Waals surface area contributed by atoms with Crippen molar-refractivity contribution in [3.8, 4) is 11.3 Å². The van der Waals surface area contributed by atoms with Crippen molar-refractivity contribution in [2.75, 3.05) is 14.1 Å². The first-order chi connectivity index (χ1) is 14.0. The standard InChI is InChI=1S/C25H29N3S.ClH/c1-17-12-23(26-16-28(3)4)18(2)11-22(17)14-25-27-24(15-29-25)21-10-9-19-7-5-6-8-20(19)13-21;/h9-13,15-16H,5-8,14H2,1-4H3;1H. The lowest BCUT2D eigenvalue weighted by molar-refractivity contribution is 0.643. The van der Waals surface area contributed by atoms with Crippen LogP contribution in [-0.2, 0) is 19.3 Å². The minimum atomic E-state index is 0. The molecule has 2 aromatic carbocycles. The Morgan fingerprint density at radius 3 is 2.57 bits per heavy atom. The van der Waals surface area contributed by atoms with Crippen LogP contribution in [0.2, 0.25) is 0 Å². The maximum atomic E-state index is 4.96. The van der Waals surface area contributed by atoms with Crippen LogP contribution in [0.3, 0.4) is 0 Å². The van der Waals surface area contributed by atoms with Gasteiger partial charge in [-0.15, -0.1) is 23.7 Å². The van der Waals surface area contributed by atoms with Gasteiger partial charge in [-0.1, -0.05) is 18.2 Å². The number of hydrogen-bond donors (Lipinski definition) is 0. The summed E-state index contributed by atoms with van der Waals surface area (Å²) in [4.78, 5) is 11.5. The molecule has 3 aromatic rings. The predicted molar refractivity (Wildman–Crippen MR) is 132 cm³/mol. The second kappa shape index (κ2) is 9.76. The summed E-state index contributed by atoms with van der Waals surface area (Å²) in [6.45, 7) is 4.30. The fraction of sp³-hybridized carbons (Fsp3) is 0.360. The Morgan fingerprint density at radius 2 is 1.80 bits per heavy atom. The lowest BCUT2D eigenvalue weighted by Crippen LogP contribution is -2.07. The lowest BCUT2D eigenvalue weighted by Gasteiger charge is -2.16. The van der Waals surface area contributed by atoms with E-state index in [1.54, 1.807) is 11.3 Å². The van der Waals surface area contributed by atoms with Gasteiger partial charge in [0, 0.05) is 31.5 Å². The molecule has 0 N–H and O–H groups in total. The van der Waals surface area contributed by atoms with Crippen molar-refractivity contribution in [3.05, 3.63) is 68.5 Å². The zero-order valence-electron chi connectivity index (χ0n) is 18.2. The topological polar surface area (TPSA) is 28.5 Å². The number of hydrogen-bond acceptors (Lipinski definition) is 3. The molecular weight excluding hydrogens is 410 g/mol. The highest BCUT2D eigenvalue weighted by Gasteiger charge is 2.13. The molecule has 0 saturated carbocycles. The van der Waals surface area contributed by atoms with Gasteiger partial charge in [-0.2, -0.15) is 0 Å². The third-order valence-electron chi connectivity index (χ3n) is 5.62. The van der Waals surface area contributed by atoms with E-state index >= 15 is 0 Å². The molecule has 1 aliphatic rings. The van der Waals surface area contributed by atoms with Crippen LogP contribution in [-0.4, -0.2) is 30.3 Å². The molecule has 1 aliphatic carbocycles. The quantitative estimate of drug-likeness (QED) is 0.333. The Labute approximate surface area is 190 Å². The molecule has 1 aromatic heterocycles. The van der Waals surface area contributed by atoms with Crippen molar-refractivity contribution >= 4 is 35.8 Å². The van der Waals surface area contributed by atoms with Crippen LogP contribution in [0.4, 0.5) is 5.69 Å². The molecule has 30 heavy (non-hydrogen) atoms. The average Bonchev–Trinajstić information content (AvgIpc) is 3.17. The van der Waals surface area contributed by atoms with Crippen LogP contribution < -0.4 is 0 Å². The number of nitrogens with zero attached hydrogens (tertiary/aromatic N) is 3. The van der Waals surface area contributed by atoms with Gasteiger partial charge < -0.3 is 4.90 Å². The fourth-order valence-electron chi connectivity index (χ4n) is 3.95. The van der Waals surface area contributed by atoms with E-state index < -0.39 is 0 Å². The second-order valence-electron chi connectivity index (χ2n) is 8.27.